The van der Waals surface area contributed by atoms with Gasteiger partial charge in [-0.25, -0.2) is 4.98 Å². The van der Waals surface area contributed by atoms with Gasteiger partial charge in [-0.05, 0) is 37.3 Å². The predicted molar refractivity (Wildman–Crippen MR) is 118 cm³/mol. The minimum Gasteiger partial charge on any atom is -0.305 e. The molecule has 0 bridgehead atoms. The van der Waals surface area contributed by atoms with Crippen molar-refractivity contribution in [3.05, 3.63) is 71.2 Å². The number of nitrogens with one attached hydrogen (secondary N) is 1. The van der Waals surface area contributed by atoms with Crippen molar-refractivity contribution in [1.82, 2.24) is 24.5 Å². The Kier molecular flexibility index (Phi) is 4.16. The van der Waals surface area contributed by atoms with Gasteiger partial charge < -0.3 is 5.32 Å². The number of carbonyl (C=O) groups excluding carboxylic acids is 1. The molecule has 2 aliphatic carbocycles. The van der Waals surface area contributed by atoms with Gasteiger partial charge in [0.1, 0.15) is 0 Å². The van der Waals surface area contributed by atoms with Crippen molar-refractivity contribution >= 4 is 22.8 Å². The van der Waals surface area contributed by atoms with Crippen LogP contribution < -0.4 is 5.32 Å². The number of nitrogens with zero attached hydrogens (tertiary/aromatic N) is 5. The van der Waals surface area contributed by atoms with Gasteiger partial charge in [0, 0.05) is 36.8 Å². The first kappa shape index (κ1) is 18.3. The van der Waals surface area contributed by atoms with E-state index in [0.29, 0.717) is 29.8 Å². The second-order valence-corrected chi connectivity index (χ2v) is 8.69. The van der Waals surface area contributed by atoms with Crippen LogP contribution in [0.2, 0.25) is 0 Å². The largest absolute Gasteiger partial charge is 0.305 e. The van der Waals surface area contributed by atoms with E-state index in [1.54, 1.807) is 0 Å². The molecule has 1 N–H and O–H groups in total. The summed E-state index contributed by atoms with van der Waals surface area (Å²) in [4.78, 5) is 18.2. The summed E-state index contributed by atoms with van der Waals surface area (Å²) in [5, 5.41) is 13.2. The highest BCUT2D eigenvalue weighted by Gasteiger charge is 2.33. The van der Waals surface area contributed by atoms with Gasteiger partial charge in [0.25, 0.3) is 5.91 Å². The lowest BCUT2D eigenvalue weighted by Crippen LogP contribution is -2.14. The molecule has 7 nitrogen and oxygen atoms in total. The first-order chi connectivity index (χ1) is 15.2. The molecule has 1 amide bonds. The second kappa shape index (κ2) is 7.04. The van der Waals surface area contributed by atoms with Crippen molar-refractivity contribution in [2.24, 2.45) is 7.05 Å². The van der Waals surface area contributed by atoms with Crippen LogP contribution in [-0.2, 0) is 13.6 Å². The fourth-order valence-electron chi connectivity index (χ4n) is 4.18. The SMILES string of the molecule is Cn1nc(C2CC2)c2c(C(=O)Nc3ccn(Cc4ccccc4)n3)cc(C3CC3)nc21. The van der Waals surface area contributed by atoms with Gasteiger partial charge in [-0.2, -0.15) is 10.2 Å². The van der Waals surface area contributed by atoms with Gasteiger partial charge in [-0.1, -0.05) is 30.3 Å². The maximum atomic E-state index is 13.4. The number of pyridine rings is 1. The normalized spacial score (nSPS) is 16.0. The monoisotopic (exact) mass is 412 g/mol. The van der Waals surface area contributed by atoms with Crippen LogP contribution in [0.4, 0.5) is 5.82 Å². The van der Waals surface area contributed by atoms with Crippen LogP contribution in [0.1, 0.15) is 64.8 Å². The third-order valence-corrected chi connectivity index (χ3v) is 6.11. The van der Waals surface area contributed by atoms with E-state index in [4.69, 9.17) is 10.1 Å². The highest BCUT2D eigenvalue weighted by molar-refractivity contribution is 6.12. The molecule has 2 saturated carbocycles. The summed E-state index contributed by atoms with van der Waals surface area (Å²) in [6, 6.07) is 14.0. The highest BCUT2D eigenvalue weighted by atomic mass is 16.1. The van der Waals surface area contributed by atoms with Crippen molar-refractivity contribution in [1.29, 1.82) is 0 Å². The topological polar surface area (TPSA) is 77.6 Å². The Bertz CT molecular complexity index is 1280. The van der Waals surface area contributed by atoms with E-state index in [2.05, 4.69) is 22.5 Å². The molecule has 7 heteroatoms. The number of amides is 1. The third-order valence-electron chi connectivity index (χ3n) is 6.11. The number of hydrogen-bond acceptors (Lipinski definition) is 4. The predicted octanol–water partition coefficient (Wildman–Crippen LogP) is 4.22. The van der Waals surface area contributed by atoms with Crippen molar-refractivity contribution in [3.8, 4) is 0 Å². The van der Waals surface area contributed by atoms with Gasteiger partial charge in [0.05, 0.1) is 23.2 Å². The van der Waals surface area contributed by atoms with Crippen LogP contribution in [0.5, 0.6) is 0 Å². The number of rotatable bonds is 6. The summed E-state index contributed by atoms with van der Waals surface area (Å²) in [6.07, 6.45) is 6.41. The van der Waals surface area contributed by atoms with Crippen molar-refractivity contribution < 1.29 is 4.79 Å². The number of carbonyl (C=O) groups is 1. The van der Waals surface area contributed by atoms with E-state index in [1.807, 2.05) is 52.9 Å². The number of aryl methyl sites for hydroxylation is 1. The zero-order valence-electron chi connectivity index (χ0n) is 17.5. The van der Waals surface area contributed by atoms with E-state index in [9.17, 15) is 4.79 Å². The molecule has 0 saturated heterocycles. The van der Waals surface area contributed by atoms with Gasteiger partial charge >= 0.3 is 0 Å². The fraction of sp³-hybridized carbons (Fsp3) is 0.333. The van der Waals surface area contributed by atoms with E-state index < -0.39 is 0 Å². The van der Waals surface area contributed by atoms with Crippen LogP contribution in [-0.4, -0.2) is 30.5 Å². The lowest BCUT2D eigenvalue weighted by atomic mass is 10.0. The Morgan fingerprint density at radius 3 is 2.58 bits per heavy atom. The Morgan fingerprint density at radius 1 is 1.06 bits per heavy atom. The number of aromatic nitrogens is 5. The Hall–Kier alpha value is -3.48. The summed E-state index contributed by atoms with van der Waals surface area (Å²) in [5.74, 6) is 1.30. The summed E-state index contributed by atoms with van der Waals surface area (Å²) in [5.41, 5.74) is 4.65. The van der Waals surface area contributed by atoms with Crippen LogP contribution in [0.25, 0.3) is 11.0 Å². The lowest BCUT2D eigenvalue weighted by Gasteiger charge is -2.08. The number of fused-ring (bicyclic) bond motifs is 1. The van der Waals surface area contributed by atoms with E-state index in [-0.39, 0.29) is 5.91 Å². The van der Waals surface area contributed by atoms with E-state index in [1.165, 1.54) is 0 Å². The first-order valence-electron chi connectivity index (χ1n) is 10.9. The molecule has 0 unspecified atom stereocenters. The molecular formula is C24H24N6O. The van der Waals surface area contributed by atoms with Crippen molar-refractivity contribution in [3.63, 3.8) is 0 Å². The lowest BCUT2D eigenvalue weighted by molar-refractivity contribution is 0.102. The second-order valence-electron chi connectivity index (χ2n) is 8.69. The molecule has 3 aromatic heterocycles. The van der Waals surface area contributed by atoms with E-state index in [0.717, 1.165) is 53.7 Å². The summed E-state index contributed by atoms with van der Waals surface area (Å²) < 4.78 is 3.67. The molecule has 2 aliphatic rings. The molecule has 0 radical (unpaired) electrons. The standard InChI is InChI=1S/C24H24N6O/c1-29-23-21(22(28-29)17-9-10-17)18(13-19(25-23)16-7-8-16)24(31)26-20-11-12-30(27-20)14-15-5-3-2-4-6-15/h2-6,11-13,16-17H,7-10,14H2,1H3,(H,26,27,31). The zero-order valence-corrected chi connectivity index (χ0v) is 17.5. The average Bonchev–Trinajstić information content (AvgIpc) is 3.71. The fourth-order valence-corrected chi connectivity index (χ4v) is 4.18. The summed E-state index contributed by atoms with van der Waals surface area (Å²) in [6.45, 7) is 0.663. The molecule has 4 aromatic rings. The zero-order chi connectivity index (χ0) is 20.9. The molecule has 6 rings (SSSR count). The minimum absolute atomic E-state index is 0.144. The van der Waals surface area contributed by atoms with Crippen molar-refractivity contribution in [2.75, 3.05) is 5.32 Å². The van der Waals surface area contributed by atoms with Crippen LogP contribution in [0.15, 0.2) is 48.7 Å². The Labute approximate surface area is 180 Å². The molecular weight excluding hydrogens is 388 g/mol. The Balaban J connectivity index is 1.32. The molecule has 156 valence electrons. The average molecular weight is 412 g/mol. The molecule has 31 heavy (non-hydrogen) atoms. The van der Waals surface area contributed by atoms with Crippen LogP contribution in [0.3, 0.4) is 0 Å². The van der Waals surface area contributed by atoms with Gasteiger partial charge in [0.15, 0.2) is 11.5 Å². The number of benzene rings is 1. The van der Waals surface area contributed by atoms with Crippen LogP contribution in [0, 0.1) is 0 Å². The minimum atomic E-state index is -0.144. The number of anilines is 1. The third kappa shape index (κ3) is 3.50. The number of hydrogen-bond donors (Lipinski definition) is 1. The Morgan fingerprint density at radius 2 is 1.84 bits per heavy atom. The van der Waals surface area contributed by atoms with E-state index >= 15 is 0 Å². The quantitative estimate of drug-likeness (QED) is 0.514. The van der Waals surface area contributed by atoms with Gasteiger partial charge in [0.2, 0.25) is 0 Å². The first-order valence-corrected chi connectivity index (χ1v) is 10.9. The van der Waals surface area contributed by atoms with Crippen molar-refractivity contribution in [2.45, 2.75) is 44.1 Å². The van der Waals surface area contributed by atoms with Crippen LogP contribution >= 0.6 is 0 Å². The molecule has 0 spiro atoms. The summed E-state index contributed by atoms with van der Waals surface area (Å²) >= 11 is 0. The highest BCUT2D eigenvalue weighted by Crippen LogP contribution is 2.45. The molecule has 0 aliphatic heterocycles. The maximum absolute atomic E-state index is 13.4. The van der Waals surface area contributed by atoms with Gasteiger partial charge in [-0.15, -0.1) is 0 Å². The molecule has 2 fully saturated rings. The molecule has 1 aromatic carbocycles. The summed E-state index contributed by atoms with van der Waals surface area (Å²) in [7, 11) is 1.92. The maximum Gasteiger partial charge on any atom is 0.257 e. The van der Waals surface area contributed by atoms with Gasteiger partial charge in [-0.3, -0.25) is 14.2 Å². The smallest absolute Gasteiger partial charge is 0.257 e. The molecule has 3 heterocycles. The molecule has 0 atom stereocenters.